The van der Waals surface area contributed by atoms with E-state index < -0.39 is 12.0 Å². The number of anilines is 3. The summed E-state index contributed by atoms with van der Waals surface area (Å²) >= 11 is 5.81. The number of carboxylic acids is 1. The Kier molecular flexibility index (Phi) is 3.65. The summed E-state index contributed by atoms with van der Waals surface area (Å²) in [6.45, 7) is 1.47. The summed E-state index contributed by atoms with van der Waals surface area (Å²) in [5, 5.41) is 12.1. The molecule has 4 heterocycles. The van der Waals surface area contributed by atoms with Gasteiger partial charge < -0.3 is 10.0 Å². The molecule has 2 N–H and O–H groups in total. The molecule has 4 rings (SSSR count). The molecule has 1 fully saturated rings. The molecule has 2 bridgehead atoms. The third-order valence-electron chi connectivity index (χ3n) is 4.26. The largest absolute Gasteiger partial charge is 0.477 e. The first kappa shape index (κ1) is 15.6. The van der Waals surface area contributed by atoms with Gasteiger partial charge in [0, 0.05) is 19.2 Å². The van der Waals surface area contributed by atoms with Gasteiger partial charge in [-0.1, -0.05) is 11.6 Å². The fourth-order valence-corrected chi connectivity index (χ4v) is 3.31. The third-order valence-corrected chi connectivity index (χ3v) is 4.47. The molecule has 0 aromatic carbocycles. The van der Waals surface area contributed by atoms with Crippen molar-refractivity contribution >= 4 is 40.9 Å². The van der Waals surface area contributed by atoms with E-state index in [9.17, 15) is 14.7 Å². The average Bonchev–Trinajstić information content (AvgIpc) is 2.99. The Morgan fingerprint density at radius 2 is 2.16 bits per heavy atom. The van der Waals surface area contributed by atoms with Gasteiger partial charge in [0.2, 0.25) is 0 Å². The molecule has 0 spiro atoms. The van der Waals surface area contributed by atoms with Crippen molar-refractivity contribution in [1.29, 1.82) is 0 Å². The quantitative estimate of drug-likeness (QED) is 0.786. The maximum absolute atomic E-state index is 12.8. The molecule has 0 radical (unpaired) electrons. The van der Waals surface area contributed by atoms with Crippen LogP contribution in [-0.2, 0) is 0 Å². The second kappa shape index (κ2) is 5.85. The Bertz CT molecular complexity index is 876. The summed E-state index contributed by atoms with van der Waals surface area (Å²) in [6.07, 6.45) is 2.02. The molecule has 2 aromatic heterocycles. The first-order valence-electron chi connectivity index (χ1n) is 7.60. The Hall–Kier alpha value is -2.94. The van der Waals surface area contributed by atoms with Gasteiger partial charge in [-0.05, 0) is 18.6 Å². The second-order valence-corrected chi connectivity index (χ2v) is 6.15. The zero-order valence-corrected chi connectivity index (χ0v) is 13.6. The number of aromatic carboxylic acids is 1. The molecular formula is C15H13ClN6O3. The molecule has 2 aromatic rings. The highest BCUT2D eigenvalue weighted by Crippen LogP contribution is 2.39. The number of nitrogens with zero attached hydrogens (tertiary/aromatic N) is 5. The van der Waals surface area contributed by atoms with Crippen LogP contribution in [0.25, 0.3) is 0 Å². The van der Waals surface area contributed by atoms with Gasteiger partial charge in [-0.25, -0.2) is 24.5 Å². The number of hydrogen-bond donors (Lipinski definition) is 2. The summed E-state index contributed by atoms with van der Waals surface area (Å²) in [5.74, 6) is -0.536. The number of hydrogen-bond acceptors (Lipinski definition) is 6. The van der Waals surface area contributed by atoms with E-state index in [4.69, 9.17) is 11.6 Å². The van der Waals surface area contributed by atoms with Gasteiger partial charge in [0.1, 0.15) is 17.3 Å². The van der Waals surface area contributed by atoms with Crippen LogP contribution >= 0.6 is 11.6 Å². The normalized spacial score (nSPS) is 18.0. The van der Waals surface area contributed by atoms with Crippen molar-refractivity contribution in [2.45, 2.75) is 12.5 Å². The van der Waals surface area contributed by atoms with E-state index in [-0.39, 0.29) is 22.7 Å². The number of aromatic nitrogens is 3. The average molecular weight is 361 g/mol. The molecule has 10 heteroatoms. The topological polar surface area (TPSA) is 112 Å². The molecule has 2 aliphatic rings. The first-order valence-corrected chi connectivity index (χ1v) is 7.98. The van der Waals surface area contributed by atoms with Crippen LogP contribution in [-0.4, -0.2) is 51.2 Å². The predicted molar refractivity (Wildman–Crippen MR) is 90.4 cm³/mol. The van der Waals surface area contributed by atoms with E-state index >= 15 is 0 Å². The molecule has 1 atom stereocenters. The molecule has 0 saturated carbocycles. The lowest BCUT2D eigenvalue weighted by atomic mass is 10.2. The highest BCUT2D eigenvalue weighted by molar-refractivity contribution is 6.29. The monoisotopic (exact) mass is 360 g/mol. The summed E-state index contributed by atoms with van der Waals surface area (Å²) in [5.41, 5.74) is 0.638. The molecular weight excluding hydrogens is 348 g/mol. The van der Waals surface area contributed by atoms with Crippen LogP contribution in [0.2, 0.25) is 5.15 Å². The number of carboxylic acid groups (broad SMARTS) is 1. The smallest absolute Gasteiger partial charge is 0.354 e. The molecule has 9 nitrogen and oxygen atoms in total. The van der Waals surface area contributed by atoms with Gasteiger partial charge in [-0.15, -0.1) is 0 Å². The number of carbonyl (C=O) groups is 2. The van der Waals surface area contributed by atoms with Crippen LogP contribution in [0.3, 0.4) is 0 Å². The molecule has 128 valence electrons. The summed E-state index contributed by atoms with van der Waals surface area (Å²) in [4.78, 5) is 39.6. The Labute approximate surface area is 147 Å². The number of carbonyl (C=O) groups excluding carboxylic acids is 1. The summed E-state index contributed by atoms with van der Waals surface area (Å²) in [7, 11) is 0. The van der Waals surface area contributed by atoms with Crippen LogP contribution in [0, 0.1) is 0 Å². The minimum Gasteiger partial charge on any atom is -0.477 e. The zero-order chi connectivity index (χ0) is 17.6. The van der Waals surface area contributed by atoms with E-state index in [2.05, 4.69) is 25.2 Å². The van der Waals surface area contributed by atoms with E-state index in [0.717, 1.165) is 18.7 Å². The van der Waals surface area contributed by atoms with Crippen molar-refractivity contribution in [2.75, 3.05) is 28.2 Å². The fraction of sp³-hybridized carbons (Fsp3) is 0.267. The van der Waals surface area contributed by atoms with Crippen molar-refractivity contribution in [3.63, 3.8) is 0 Å². The van der Waals surface area contributed by atoms with E-state index in [0.29, 0.717) is 12.4 Å². The van der Waals surface area contributed by atoms with Gasteiger partial charge in [0.15, 0.2) is 11.5 Å². The number of urea groups is 1. The molecule has 0 aliphatic carbocycles. The lowest BCUT2D eigenvalue weighted by molar-refractivity contribution is 0.0690. The van der Waals surface area contributed by atoms with Crippen molar-refractivity contribution in [3.05, 3.63) is 35.4 Å². The van der Waals surface area contributed by atoms with Gasteiger partial charge in [-0.2, -0.15) is 0 Å². The Balaban J connectivity index is 1.71. The van der Waals surface area contributed by atoms with Gasteiger partial charge in [-0.3, -0.25) is 10.2 Å². The molecule has 1 saturated heterocycles. The number of rotatable bonds is 2. The van der Waals surface area contributed by atoms with Crippen molar-refractivity contribution < 1.29 is 14.7 Å². The van der Waals surface area contributed by atoms with Crippen LogP contribution in [0.4, 0.5) is 22.1 Å². The minimum absolute atomic E-state index is 0.0821. The van der Waals surface area contributed by atoms with Gasteiger partial charge in [0.25, 0.3) is 0 Å². The highest BCUT2D eigenvalue weighted by Gasteiger charge is 2.40. The minimum atomic E-state index is -1.14. The van der Waals surface area contributed by atoms with E-state index in [1.54, 1.807) is 6.07 Å². The van der Waals surface area contributed by atoms with Gasteiger partial charge >= 0.3 is 12.0 Å². The fourth-order valence-electron chi connectivity index (χ4n) is 3.16. The third kappa shape index (κ3) is 2.72. The van der Waals surface area contributed by atoms with Crippen LogP contribution in [0.1, 0.15) is 16.9 Å². The number of amides is 2. The predicted octanol–water partition coefficient (Wildman–Crippen LogP) is 1.85. The lowest BCUT2D eigenvalue weighted by Crippen LogP contribution is -2.48. The maximum atomic E-state index is 12.8. The van der Waals surface area contributed by atoms with Crippen molar-refractivity contribution in [1.82, 2.24) is 15.0 Å². The summed E-state index contributed by atoms with van der Waals surface area (Å²) in [6, 6.07) is 4.06. The summed E-state index contributed by atoms with van der Waals surface area (Å²) < 4.78 is 0. The van der Waals surface area contributed by atoms with E-state index in [1.807, 2.05) is 0 Å². The first-order chi connectivity index (χ1) is 12.0. The van der Waals surface area contributed by atoms with Crippen LogP contribution in [0.15, 0.2) is 24.5 Å². The zero-order valence-electron chi connectivity index (χ0n) is 12.9. The van der Waals surface area contributed by atoms with Crippen molar-refractivity contribution in [3.8, 4) is 0 Å². The Morgan fingerprint density at radius 3 is 2.92 bits per heavy atom. The number of halogens is 1. The lowest BCUT2D eigenvalue weighted by Gasteiger charge is -2.35. The SMILES string of the molecule is O=C(O)c1ccc2c(n1)N(C(=O)Nc1cc(Cl)ncn1)C1CCN2C1. The molecule has 25 heavy (non-hydrogen) atoms. The van der Waals surface area contributed by atoms with Crippen molar-refractivity contribution in [2.24, 2.45) is 0 Å². The highest BCUT2D eigenvalue weighted by atomic mass is 35.5. The van der Waals surface area contributed by atoms with E-state index in [1.165, 1.54) is 23.4 Å². The second-order valence-electron chi connectivity index (χ2n) is 5.76. The van der Waals surface area contributed by atoms with Gasteiger partial charge in [0.05, 0.1) is 11.7 Å². The standard InChI is InChI=1S/C15H13ClN6O3/c16-11-5-12(18-7-17-11)20-15(25)22-8-3-4-21(6-8)10-2-1-9(14(23)24)19-13(10)22/h1-2,5,7-8H,3-4,6H2,(H,23,24)(H,17,18,20,25). The number of pyridine rings is 1. The Morgan fingerprint density at radius 1 is 1.32 bits per heavy atom. The molecule has 2 aliphatic heterocycles. The van der Waals surface area contributed by atoms with Crippen LogP contribution < -0.4 is 15.1 Å². The number of fused-ring (bicyclic) bond motifs is 4. The van der Waals surface area contributed by atoms with Crippen LogP contribution in [0.5, 0.6) is 0 Å². The number of nitrogens with one attached hydrogen (secondary N) is 1. The molecule has 2 amide bonds. The molecule has 1 unspecified atom stereocenters. The maximum Gasteiger partial charge on any atom is 0.354 e.